The van der Waals surface area contributed by atoms with Crippen molar-refractivity contribution in [3.63, 3.8) is 0 Å². The van der Waals surface area contributed by atoms with E-state index in [1.807, 2.05) is 6.92 Å². The van der Waals surface area contributed by atoms with Gasteiger partial charge in [-0.05, 0) is 75.5 Å². The molecule has 5 atom stereocenters. The summed E-state index contributed by atoms with van der Waals surface area (Å²) in [6, 6.07) is 2.53. The Hall–Kier alpha value is -2.26. The third kappa shape index (κ3) is 5.68. The summed E-state index contributed by atoms with van der Waals surface area (Å²) in [5, 5.41) is 9.46. The Kier molecular flexibility index (Phi) is 8.18. The molecule has 5 aliphatic rings. The van der Waals surface area contributed by atoms with Crippen LogP contribution in [0.1, 0.15) is 64.7 Å². The van der Waals surface area contributed by atoms with Gasteiger partial charge in [-0.3, -0.25) is 4.90 Å². The molecule has 5 rings (SSSR count). The number of alkyl halides is 9. The van der Waals surface area contributed by atoms with E-state index in [0.717, 1.165) is 31.4 Å². The average molecular weight is 609 g/mol. The van der Waals surface area contributed by atoms with Crippen LogP contribution in [-0.2, 0) is 4.74 Å². The molecule has 12 heteroatoms. The summed E-state index contributed by atoms with van der Waals surface area (Å²) in [4.78, 5) is 2.33. The molecule has 3 fully saturated rings. The third-order valence-electron chi connectivity index (χ3n) is 9.74. The molecule has 2 bridgehead atoms. The number of rotatable bonds is 4. The quantitative estimate of drug-likeness (QED) is 0.300. The van der Waals surface area contributed by atoms with Gasteiger partial charge in [0.2, 0.25) is 5.60 Å². The smallest absolute Gasteiger partial charge is 0.354 e. The molecule has 0 amide bonds. The van der Waals surface area contributed by atoms with Crippen molar-refractivity contribution in [1.82, 2.24) is 4.90 Å². The lowest BCUT2D eigenvalue weighted by atomic mass is 9.74. The predicted octanol–water partition coefficient (Wildman–Crippen LogP) is 8.51. The van der Waals surface area contributed by atoms with Crippen LogP contribution in [0, 0.1) is 29.1 Å². The highest BCUT2D eigenvalue weighted by molar-refractivity contribution is 5.61. The number of ether oxygens (including phenoxy) is 1. The van der Waals surface area contributed by atoms with Crippen LogP contribution in [0.5, 0.6) is 0 Å². The standard InChI is InChI=1S/C30H33F9N2O/c1-17(41-22-3-2-4-23(41)14-18(13-22)16-40)19-5-10-25-20(15-19)11-12-27(30(37,38)39,26(25)29(34,35)36)42-24-8-6-21(7-9-24)28(31,32)33/h5,10-12,15,17-19,21-24H,2-4,6-9,13-14H2,1H3/t17?,18?,19?,21-,22?,23?,24+,27?. The molecule has 42 heavy (non-hydrogen) atoms. The fraction of sp³-hybridized carbons (Fsp3) is 0.700. The molecular weight excluding hydrogens is 575 g/mol. The van der Waals surface area contributed by atoms with Crippen molar-refractivity contribution >= 4 is 0 Å². The first-order valence-corrected chi connectivity index (χ1v) is 14.4. The lowest BCUT2D eigenvalue weighted by Crippen LogP contribution is -2.57. The zero-order valence-electron chi connectivity index (χ0n) is 23.0. The molecule has 2 aliphatic heterocycles. The third-order valence-corrected chi connectivity index (χ3v) is 9.74. The van der Waals surface area contributed by atoms with Gasteiger partial charge in [-0.2, -0.15) is 44.8 Å². The molecule has 0 aromatic carbocycles. The molecular formula is C30H33F9N2O. The zero-order valence-corrected chi connectivity index (χ0v) is 23.0. The van der Waals surface area contributed by atoms with E-state index in [2.05, 4.69) is 11.0 Å². The van der Waals surface area contributed by atoms with Crippen LogP contribution in [0.3, 0.4) is 0 Å². The van der Waals surface area contributed by atoms with Crippen LogP contribution < -0.4 is 0 Å². The Bertz CT molecular complexity index is 1180. The van der Waals surface area contributed by atoms with Crippen molar-refractivity contribution in [3.8, 4) is 6.07 Å². The van der Waals surface area contributed by atoms with E-state index in [1.54, 1.807) is 6.08 Å². The van der Waals surface area contributed by atoms with Crippen LogP contribution >= 0.6 is 0 Å². The van der Waals surface area contributed by atoms with Crippen LogP contribution in [0.15, 0.2) is 47.1 Å². The largest absolute Gasteiger partial charge is 0.425 e. The molecule has 0 spiro atoms. The number of hydrogen-bond acceptors (Lipinski definition) is 3. The summed E-state index contributed by atoms with van der Waals surface area (Å²) in [6.07, 6.45) is -8.99. The fourth-order valence-electron chi connectivity index (χ4n) is 7.74. The summed E-state index contributed by atoms with van der Waals surface area (Å²) in [6.45, 7) is 1.95. The summed E-state index contributed by atoms with van der Waals surface area (Å²) < 4.78 is 132. The topological polar surface area (TPSA) is 36.3 Å². The second kappa shape index (κ2) is 11.0. The Morgan fingerprint density at radius 1 is 0.929 bits per heavy atom. The van der Waals surface area contributed by atoms with Gasteiger partial charge in [-0.1, -0.05) is 30.7 Å². The van der Waals surface area contributed by atoms with Gasteiger partial charge in [0.15, 0.2) is 0 Å². The maximum absolute atomic E-state index is 14.6. The normalized spacial score (nSPS) is 36.7. The van der Waals surface area contributed by atoms with Gasteiger partial charge in [0, 0.05) is 30.0 Å². The molecule has 2 heterocycles. The maximum atomic E-state index is 14.6. The highest BCUT2D eigenvalue weighted by Gasteiger charge is 2.66. The molecule has 0 N–H and O–H groups in total. The highest BCUT2D eigenvalue weighted by atomic mass is 19.4. The van der Waals surface area contributed by atoms with Gasteiger partial charge >= 0.3 is 18.5 Å². The van der Waals surface area contributed by atoms with E-state index < -0.39 is 73.0 Å². The molecule has 0 radical (unpaired) electrons. The Morgan fingerprint density at radius 2 is 1.55 bits per heavy atom. The summed E-state index contributed by atoms with van der Waals surface area (Å²) >= 11 is 0. The lowest BCUT2D eigenvalue weighted by molar-refractivity contribution is -0.277. The van der Waals surface area contributed by atoms with Gasteiger partial charge in [0.25, 0.3) is 0 Å². The van der Waals surface area contributed by atoms with Crippen molar-refractivity contribution in [2.24, 2.45) is 17.8 Å². The number of nitrogens with zero attached hydrogens (tertiary/aromatic N) is 2. The van der Waals surface area contributed by atoms with Crippen molar-refractivity contribution < 1.29 is 44.3 Å². The highest BCUT2D eigenvalue weighted by Crippen LogP contribution is 2.54. The van der Waals surface area contributed by atoms with E-state index in [0.29, 0.717) is 18.9 Å². The first-order chi connectivity index (χ1) is 19.5. The predicted molar refractivity (Wildman–Crippen MR) is 136 cm³/mol. The number of allylic oxidation sites excluding steroid dienone is 4. The fourth-order valence-corrected chi connectivity index (χ4v) is 7.74. The Morgan fingerprint density at radius 3 is 2.07 bits per heavy atom. The van der Waals surface area contributed by atoms with Crippen LogP contribution in [-0.4, -0.2) is 53.3 Å². The van der Waals surface area contributed by atoms with E-state index >= 15 is 0 Å². The molecule has 3 aliphatic carbocycles. The van der Waals surface area contributed by atoms with Crippen LogP contribution in [0.25, 0.3) is 0 Å². The van der Waals surface area contributed by atoms with Crippen molar-refractivity contribution in [3.05, 3.63) is 47.1 Å². The van der Waals surface area contributed by atoms with E-state index in [9.17, 15) is 44.8 Å². The molecule has 5 unspecified atom stereocenters. The van der Waals surface area contributed by atoms with Crippen LogP contribution in [0.2, 0.25) is 0 Å². The minimum Gasteiger partial charge on any atom is -0.354 e. The van der Waals surface area contributed by atoms with E-state index in [1.165, 1.54) is 6.08 Å². The van der Waals surface area contributed by atoms with Gasteiger partial charge in [-0.25, -0.2) is 0 Å². The van der Waals surface area contributed by atoms with Crippen molar-refractivity contribution in [2.45, 2.75) is 113 Å². The molecule has 232 valence electrons. The summed E-state index contributed by atoms with van der Waals surface area (Å²) in [7, 11) is 0. The van der Waals surface area contributed by atoms with Gasteiger partial charge in [0.05, 0.1) is 23.7 Å². The Balaban J connectivity index is 1.45. The number of nitriles is 1. The second-order valence-corrected chi connectivity index (χ2v) is 12.3. The molecule has 2 saturated heterocycles. The molecule has 3 nitrogen and oxygen atoms in total. The monoisotopic (exact) mass is 608 g/mol. The zero-order chi connectivity index (χ0) is 30.7. The SMILES string of the molecule is CC(C1C=CC2=C(C(F)(F)F)C(O[C@H]3CC[C@@H](C(F)(F)F)CC3)(C(F)(F)F)C=CC2=C1)N1C2CCCC1CC(C#N)C2. The lowest BCUT2D eigenvalue weighted by Gasteiger charge is -2.52. The number of hydrogen-bond donors (Lipinski definition) is 0. The summed E-state index contributed by atoms with van der Waals surface area (Å²) in [5.41, 5.74) is -6.38. The molecule has 1 saturated carbocycles. The average Bonchev–Trinajstić information content (AvgIpc) is 2.90. The second-order valence-electron chi connectivity index (χ2n) is 12.3. The summed E-state index contributed by atoms with van der Waals surface area (Å²) in [5.74, 6) is -2.14. The minimum absolute atomic E-state index is 0.00278. The first-order valence-electron chi connectivity index (χ1n) is 14.4. The van der Waals surface area contributed by atoms with Crippen LogP contribution in [0.4, 0.5) is 39.5 Å². The number of fused-ring (bicyclic) bond motifs is 3. The first kappa shape index (κ1) is 31.2. The Labute approximate surface area is 238 Å². The van der Waals surface area contributed by atoms with E-state index in [4.69, 9.17) is 4.74 Å². The van der Waals surface area contributed by atoms with Gasteiger partial charge in [0.1, 0.15) is 0 Å². The van der Waals surface area contributed by atoms with Gasteiger partial charge < -0.3 is 4.74 Å². The number of halogens is 9. The molecule has 0 aromatic rings. The maximum Gasteiger partial charge on any atom is 0.425 e. The minimum atomic E-state index is -5.52. The van der Waals surface area contributed by atoms with Crippen molar-refractivity contribution in [1.29, 1.82) is 5.26 Å². The van der Waals surface area contributed by atoms with Crippen molar-refractivity contribution in [2.75, 3.05) is 0 Å². The van der Waals surface area contributed by atoms with Gasteiger partial charge in [-0.15, -0.1) is 0 Å². The number of piperidine rings is 2. The molecule has 0 aromatic heterocycles. The van der Waals surface area contributed by atoms with E-state index in [-0.39, 0.29) is 35.5 Å².